The van der Waals surface area contributed by atoms with E-state index in [1.807, 2.05) is 38.1 Å². The molecule has 32 heavy (non-hydrogen) atoms. The average Bonchev–Trinajstić information content (AvgIpc) is 2.74. The zero-order valence-electron chi connectivity index (χ0n) is 17.7. The van der Waals surface area contributed by atoms with Crippen LogP contribution in [0, 0.1) is 6.92 Å². The summed E-state index contributed by atoms with van der Waals surface area (Å²) in [4.78, 5) is 40.5. The molecule has 0 radical (unpaired) electrons. The lowest BCUT2D eigenvalue weighted by atomic mass is 10.1. The van der Waals surface area contributed by atoms with Gasteiger partial charge < -0.3 is 15.2 Å². The summed E-state index contributed by atoms with van der Waals surface area (Å²) in [5, 5.41) is 12.3. The number of ether oxygens (including phenoxy) is 1. The molecule has 1 aromatic heterocycles. The van der Waals surface area contributed by atoms with Crippen molar-refractivity contribution in [1.82, 2.24) is 14.1 Å². The van der Waals surface area contributed by atoms with E-state index in [-0.39, 0.29) is 25.5 Å². The van der Waals surface area contributed by atoms with Gasteiger partial charge in [0, 0.05) is 12.2 Å². The lowest BCUT2D eigenvalue weighted by molar-refractivity contribution is -0.137. The first-order valence-electron chi connectivity index (χ1n) is 9.97. The van der Waals surface area contributed by atoms with Crippen LogP contribution in [0.2, 0.25) is 5.02 Å². The zero-order valence-corrected chi connectivity index (χ0v) is 18.4. The lowest BCUT2D eigenvalue weighted by Crippen LogP contribution is -2.43. The number of aryl methyl sites for hydroxylation is 1. The Morgan fingerprint density at radius 1 is 1.16 bits per heavy atom. The first-order chi connectivity index (χ1) is 15.3. The Balaban J connectivity index is 2.04. The predicted molar refractivity (Wildman–Crippen MR) is 121 cm³/mol. The van der Waals surface area contributed by atoms with Crippen LogP contribution in [-0.4, -0.2) is 31.8 Å². The molecule has 0 aliphatic heterocycles. The van der Waals surface area contributed by atoms with E-state index in [9.17, 15) is 14.4 Å². The number of anilines is 2. The first-order valence-corrected chi connectivity index (χ1v) is 10.3. The van der Waals surface area contributed by atoms with Crippen LogP contribution < -0.4 is 21.4 Å². The minimum Gasteiger partial charge on any atom is -0.492 e. The molecule has 0 atom stereocenters. The highest BCUT2D eigenvalue weighted by atomic mass is 35.5. The molecule has 2 N–H and O–H groups in total. The van der Waals surface area contributed by atoms with Gasteiger partial charge in [-0.05, 0) is 37.6 Å². The Bertz CT molecular complexity index is 1230. The highest BCUT2D eigenvalue weighted by molar-refractivity contribution is 6.32. The van der Waals surface area contributed by atoms with Crippen LogP contribution in [0.15, 0.2) is 52.1 Å². The zero-order chi connectivity index (χ0) is 23.3. The monoisotopic (exact) mass is 458 g/mol. The van der Waals surface area contributed by atoms with Crippen LogP contribution in [0.1, 0.15) is 24.5 Å². The van der Waals surface area contributed by atoms with E-state index in [0.717, 1.165) is 15.7 Å². The molecule has 0 spiro atoms. The quantitative estimate of drug-likeness (QED) is 0.506. The fraction of sp³-hybridized carbons (Fsp3) is 0.273. The van der Waals surface area contributed by atoms with Gasteiger partial charge in [-0.3, -0.25) is 9.36 Å². The normalized spacial score (nSPS) is 10.7. The predicted octanol–water partition coefficient (Wildman–Crippen LogP) is 3.03. The Kier molecular flexibility index (Phi) is 7.32. The molecule has 0 saturated carbocycles. The van der Waals surface area contributed by atoms with Gasteiger partial charge in [0.1, 0.15) is 5.75 Å². The molecule has 0 fully saturated rings. The van der Waals surface area contributed by atoms with Gasteiger partial charge in [-0.15, -0.1) is 0 Å². The van der Waals surface area contributed by atoms with Gasteiger partial charge >= 0.3 is 17.3 Å². The van der Waals surface area contributed by atoms with Crippen molar-refractivity contribution < 1.29 is 14.6 Å². The number of aliphatic carboxylic acids is 1. The second-order valence-electron chi connectivity index (χ2n) is 7.07. The maximum Gasteiger partial charge on any atom is 0.354 e. The summed E-state index contributed by atoms with van der Waals surface area (Å²) in [5.41, 5.74) is 0.886. The molecule has 0 aliphatic rings. The van der Waals surface area contributed by atoms with E-state index in [1.54, 1.807) is 18.2 Å². The second-order valence-corrected chi connectivity index (χ2v) is 7.48. The summed E-state index contributed by atoms with van der Waals surface area (Å²) < 4.78 is 7.53. The van der Waals surface area contributed by atoms with Crippen LogP contribution >= 0.6 is 11.6 Å². The Morgan fingerprint density at radius 2 is 1.88 bits per heavy atom. The minimum absolute atomic E-state index is 0.0207. The maximum absolute atomic E-state index is 13.1. The van der Waals surface area contributed by atoms with Gasteiger partial charge in [0.25, 0.3) is 0 Å². The number of nitrogens with one attached hydrogen (secondary N) is 1. The summed E-state index contributed by atoms with van der Waals surface area (Å²) in [6.07, 6.45) is -0.372. The SMILES string of the molecule is CCOc1ccc(Nc2nc(=O)n(CCC(=O)O)c(=O)n2Cc2ccc(C)cc2)cc1Cl. The molecule has 3 aromatic rings. The molecule has 3 rings (SSSR count). The number of benzene rings is 2. The number of halogens is 1. The van der Waals surface area contributed by atoms with Crippen LogP contribution in [0.4, 0.5) is 11.6 Å². The van der Waals surface area contributed by atoms with Crippen molar-refractivity contribution in [3.63, 3.8) is 0 Å². The van der Waals surface area contributed by atoms with Crippen molar-refractivity contribution in [2.24, 2.45) is 0 Å². The van der Waals surface area contributed by atoms with E-state index in [4.69, 9.17) is 21.4 Å². The van der Waals surface area contributed by atoms with Crippen LogP contribution in [-0.2, 0) is 17.9 Å². The fourth-order valence-corrected chi connectivity index (χ4v) is 3.26. The summed E-state index contributed by atoms with van der Waals surface area (Å²) in [7, 11) is 0. The molecule has 0 saturated heterocycles. The summed E-state index contributed by atoms with van der Waals surface area (Å²) in [6.45, 7) is 4.11. The van der Waals surface area contributed by atoms with Crippen molar-refractivity contribution in [3.8, 4) is 5.75 Å². The van der Waals surface area contributed by atoms with Gasteiger partial charge in [-0.1, -0.05) is 41.4 Å². The molecule has 2 aromatic carbocycles. The average molecular weight is 459 g/mol. The molecular weight excluding hydrogens is 436 g/mol. The molecule has 0 aliphatic carbocycles. The molecule has 0 bridgehead atoms. The van der Waals surface area contributed by atoms with E-state index in [2.05, 4.69) is 10.3 Å². The maximum atomic E-state index is 13.1. The van der Waals surface area contributed by atoms with Crippen molar-refractivity contribution in [2.45, 2.75) is 33.4 Å². The molecule has 9 nitrogen and oxygen atoms in total. The molecule has 168 valence electrons. The van der Waals surface area contributed by atoms with Crippen molar-refractivity contribution >= 4 is 29.2 Å². The third-order valence-electron chi connectivity index (χ3n) is 4.65. The summed E-state index contributed by atoms with van der Waals surface area (Å²) in [6, 6.07) is 12.5. The van der Waals surface area contributed by atoms with Gasteiger partial charge in [0.05, 0.1) is 24.6 Å². The highest BCUT2D eigenvalue weighted by Gasteiger charge is 2.15. The van der Waals surface area contributed by atoms with Crippen molar-refractivity contribution in [1.29, 1.82) is 0 Å². The Labute approximate surface area is 188 Å². The number of aromatic nitrogens is 3. The molecule has 1 heterocycles. The molecule has 0 amide bonds. The Morgan fingerprint density at radius 3 is 2.50 bits per heavy atom. The van der Waals surface area contributed by atoms with Gasteiger partial charge in [-0.2, -0.15) is 4.98 Å². The number of rotatable bonds is 9. The lowest BCUT2D eigenvalue weighted by Gasteiger charge is -2.16. The molecule has 0 unspecified atom stereocenters. The molecular formula is C22H23ClN4O5. The third kappa shape index (κ3) is 5.55. The fourth-order valence-electron chi connectivity index (χ4n) is 3.02. The van der Waals surface area contributed by atoms with E-state index >= 15 is 0 Å². The summed E-state index contributed by atoms with van der Waals surface area (Å²) >= 11 is 6.24. The number of carbonyl (C=O) groups is 1. The van der Waals surface area contributed by atoms with Gasteiger partial charge in [0.2, 0.25) is 5.95 Å². The van der Waals surface area contributed by atoms with Gasteiger partial charge in [-0.25, -0.2) is 14.2 Å². The van der Waals surface area contributed by atoms with Crippen LogP contribution in [0.3, 0.4) is 0 Å². The van der Waals surface area contributed by atoms with Crippen molar-refractivity contribution in [3.05, 3.63) is 79.6 Å². The number of nitrogens with zero attached hydrogens (tertiary/aromatic N) is 3. The third-order valence-corrected chi connectivity index (χ3v) is 4.94. The number of carboxylic acid groups (broad SMARTS) is 1. The van der Waals surface area contributed by atoms with E-state index in [0.29, 0.717) is 23.1 Å². The number of hydrogen-bond donors (Lipinski definition) is 2. The standard InChI is InChI=1S/C22H23ClN4O5/c1-3-32-18-9-8-16(12-17(18)23)24-20-25-21(30)26(11-10-19(28)29)22(31)27(20)13-15-6-4-14(2)5-7-15/h4-9,12H,3,10-11,13H2,1-2H3,(H,28,29)(H,24,25,30). The number of hydrogen-bond acceptors (Lipinski definition) is 6. The Hall–Kier alpha value is -3.59. The molecule has 10 heteroatoms. The topological polar surface area (TPSA) is 115 Å². The van der Waals surface area contributed by atoms with Crippen molar-refractivity contribution in [2.75, 3.05) is 11.9 Å². The van der Waals surface area contributed by atoms with Crippen LogP contribution in [0.25, 0.3) is 0 Å². The summed E-state index contributed by atoms with van der Waals surface area (Å²) in [5.74, 6) is -0.589. The van der Waals surface area contributed by atoms with Gasteiger partial charge in [0.15, 0.2) is 0 Å². The van der Waals surface area contributed by atoms with Crippen LogP contribution in [0.5, 0.6) is 5.75 Å². The minimum atomic E-state index is -1.12. The van der Waals surface area contributed by atoms with E-state index in [1.165, 1.54) is 4.57 Å². The second kappa shape index (κ2) is 10.1. The first kappa shape index (κ1) is 23.1. The largest absolute Gasteiger partial charge is 0.492 e. The smallest absolute Gasteiger partial charge is 0.354 e. The van der Waals surface area contributed by atoms with E-state index < -0.39 is 17.3 Å². The highest BCUT2D eigenvalue weighted by Crippen LogP contribution is 2.28. The number of carboxylic acids is 1.